The fraction of sp³-hybridized carbons (Fsp3) is 0.647. The van der Waals surface area contributed by atoms with Crippen LogP contribution in [0.25, 0.3) is 0 Å². The summed E-state index contributed by atoms with van der Waals surface area (Å²) < 4.78 is 0. The van der Waals surface area contributed by atoms with E-state index in [9.17, 15) is 0 Å². The molecule has 0 radical (unpaired) electrons. The van der Waals surface area contributed by atoms with Crippen molar-refractivity contribution in [3.05, 3.63) is 12.7 Å². The first kappa shape index (κ1) is 15.9. The van der Waals surface area contributed by atoms with Crippen molar-refractivity contribution >= 4 is 0 Å². The Morgan fingerprint density at radius 1 is 0.824 bits per heavy atom. The predicted octanol–water partition coefficient (Wildman–Crippen LogP) is 5.10. The van der Waals surface area contributed by atoms with E-state index < -0.39 is 0 Å². The maximum atomic E-state index is 3.60. The smallest absolute Gasteiger partial charge is 0.0277 e. The molecule has 0 bridgehead atoms. The SMILES string of the molecule is C=CCC#CC#CCCCCCCCCCC. The summed E-state index contributed by atoms with van der Waals surface area (Å²) in [6.45, 7) is 5.86. The molecule has 0 rings (SSSR count). The minimum Gasteiger partial charge on any atom is -0.102 e. The summed E-state index contributed by atoms with van der Waals surface area (Å²) in [6, 6.07) is 0. The summed E-state index contributed by atoms with van der Waals surface area (Å²) in [5.41, 5.74) is 0. The van der Waals surface area contributed by atoms with Gasteiger partial charge in [0, 0.05) is 12.8 Å². The van der Waals surface area contributed by atoms with Crippen LogP contribution in [0, 0.1) is 23.7 Å². The molecule has 0 amide bonds. The highest BCUT2D eigenvalue weighted by Gasteiger charge is 1.89. The van der Waals surface area contributed by atoms with Crippen molar-refractivity contribution in [3.8, 4) is 23.7 Å². The Kier molecular flexibility index (Phi) is 13.9. The van der Waals surface area contributed by atoms with Crippen LogP contribution in [-0.4, -0.2) is 0 Å². The molecule has 0 aromatic heterocycles. The van der Waals surface area contributed by atoms with Crippen LogP contribution in [-0.2, 0) is 0 Å². The van der Waals surface area contributed by atoms with Crippen molar-refractivity contribution in [2.24, 2.45) is 0 Å². The van der Waals surface area contributed by atoms with E-state index in [1.807, 2.05) is 0 Å². The van der Waals surface area contributed by atoms with Gasteiger partial charge in [-0.3, -0.25) is 0 Å². The third-order valence-electron chi connectivity index (χ3n) is 2.64. The molecule has 0 heterocycles. The van der Waals surface area contributed by atoms with Gasteiger partial charge in [-0.1, -0.05) is 69.8 Å². The monoisotopic (exact) mass is 230 g/mol. The van der Waals surface area contributed by atoms with Crippen molar-refractivity contribution in [1.82, 2.24) is 0 Å². The van der Waals surface area contributed by atoms with Gasteiger partial charge in [0.2, 0.25) is 0 Å². The number of allylic oxidation sites excluding steroid dienone is 1. The van der Waals surface area contributed by atoms with Crippen LogP contribution in [0.4, 0.5) is 0 Å². The zero-order valence-electron chi connectivity index (χ0n) is 11.4. The van der Waals surface area contributed by atoms with Crippen molar-refractivity contribution < 1.29 is 0 Å². The minimum atomic E-state index is 0.742. The van der Waals surface area contributed by atoms with Crippen molar-refractivity contribution in [2.45, 2.75) is 71.1 Å². The van der Waals surface area contributed by atoms with Gasteiger partial charge in [0.05, 0.1) is 0 Å². The Morgan fingerprint density at radius 3 is 2.06 bits per heavy atom. The van der Waals surface area contributed by atoms with Gasteiger partial charge in [0.15, 0.2) is 0 Å². The quantitative estimate of drug-likeness (QED) is 0.294. The zero-order valence-corrected chi connectivity index (χ0v) is 11.4. The van der Waals surface area contributed by atoms with Crippen LogP contribution in [0.15, 0.2) is 12.7 Å². The molecule has 0 N–H and O–H groups in total. The molecule has 0 heteroatoms. The van der Waals surface area contributed by atoms with E-state index in [1.54, 1.807) is 6.08 Å². The Morgan fingerprint density at radius 2 is 1.41 bits per heavy atom. The first-order chi connectivity index (χ1) is 8.41. The molecule has 94 valence electrons. The second-order valence-electron chi connectivity index (χ2n) is 4.32. The number of hydrogen-bond donors (Lipinski definition) is 0. The number of unbranched alkanes of at least 4 members (excludes halogenated alkanes) is 8. The van der Waals surface area contributed by atoms with Crippen LogP contribution in [0.3, 0.4) is 0 Å². The molecular weight excluding hydrogens is 204 g/mol. The Balaban J connectivity index is 3.18. The highest BCUT2D eigenvalue weighted by atomic mass is 14.0. The normalized spacial score (nSPS) is 8.76. The Labute approximate surface area is 108 Å². The van der Waals surface area contributed by atoms with Gasteiger partial charge in [-0.2, -0.15) is 0 Å². The summed E-state index contributed by atoms with van der Waals surface area (Å²) >= 11 is 0. The van der Waals surface area contributed by atoms with Gasteiger partial charge in [-0.25, -0.2) is 0 Å². The summed E-state index contributed by atoms with van der Waals surface area (Å²) in [5.74, 6) is 11.7. The maximum absolute atomic E-state index is 3.60. The van der Waals surface area contributed by atoms with Crippen LogP contribution in [0.5, 0.6) is 0 Å². The molecule has 17 heavy (non-hydrogen) atoms. The molecule has 0 spiro atoms. The second kappa shape index (κ2) is 14.9. The van der Waals surface area contributed by atoms with Gasteiger partial charge in [-0.15, -0.1) is 6.58 Å². The lowest BCUT2D eigenvalue weighted by Crippen LogP contribution is -1.79. The van der Waals surface area contributed by atoms with Crippen molar-refractivity contribution in [3.63, 3.8) is 0 Å². The molecule has 0 fully saturated rings. The molecule has 0 nitrogen and oxygen atoms in total. The summed E-state index contributed by atoms with van der Waals surface area (Å²) in [5, 5.41) is 0. The highest BCUT2D eigenvalue weighted by molar-refractivity contribution is 5.26. The lowest BCUT2D eigenvalue weighted by atomic mass is 10.1. The third kappa shape index (κ3) is 14.9. The van der Waals surface area contributed by atoms with Crippen LogP contribution in [0.1, 0.15) is 71.1 Å². The van der Waals surface area contributed by atoms with E-state index >= 15 is 0 Å². The van der Waals surface area contributed by atoms with Gasteiger partial charge < -0.3 is 0 Å². The first-order valence-electron chi connectivity index (χ1n) is 6.98. The van der Waals surface area contributed by atoms with Crippen LogP contribution in [0.2, 0.25) is 0 Å². The lowest BCUT2D eigenvalue weighted by Gasteiger charge is -1.98. The highest BCUT2D eigenvalue weighted by Crippen LogP contribution is 2.08. The zero-order chi connectivity index (χ0) is 12.6. The molecule has 0 unspecified atom stereocenters. The van der Waals surface area contributed by atoms with E-state index in [4.69, 9.17) is 0 Å². The predicted molar refractivity (Wildman–Crippen MR) is 77.6 cm³/mol. The average Bonchev–Trinajstić information content (AvgIpc) is 2.35. The summed E-state index contributed by atoms with van der Waals surface area (Å²) in [4.78, 5) is 0. The molecular formula is C17H26. The molecule has 0 saturated heterocycles. The van der Waals surface area contributed by atoms with Gasteiger partial charge in [0.25, 0.3) is 0 Å². The maximum Gasteiger partial charge on any atom is 0.0277 e. The summed E-state index contributed by atoms with van der Waals surface area (Å²) in [7, 11) is 0. The molecule has 0 aliphatic carbocycles. The second-order valence-corrected chi connectivity index (χ2v) is 4.32. The number of hydrogen-bond acceptors (Lipinski definition) is 0. The Hall–Kier alpha value is -1.14. The van der Waals surface area contributed by atoms with E-state index in [-0.39, 0.29) is 0 Å². The first-order valence-corrected chi connectivity index (χ1v) is 6.98. The fourth-order valence-corrected chi connectivity index (χ4v) is 1.62. The largest absolute Gasteiger partial charge is 0.102 e. The van der Waals surface area contributed by atoms with E-state index in [1.165, 1.54) is 51.4 Å². The molecule has 0 aliphatic heterocycles. The molecule has 0 saturated carbocycles. The van der Waals surface area contributed by atoms with E-state index in [0.29, 0.717) is 0 Å². The molecule has 0 aliphatic rings. The van der Waals surface area contributed by atoms with Gasteiger partial charge in [-0.05, 0) is 18.3 Å². The number of rotatable bonds is 9. The molecule has 0 aromatic carbocycles. The van der Waals surface area contributed by atoms with E-state index in [0.717, 1.165) is 12.8 Å². The van der Waals surface area contributed by atoms with Gasteiger partial charge in [0.1, 0.15) is 0 Å². The van der Waals surface area contributed by atoms with Crippen LogP contribution >= 0.6 is 0 Å². The van der Waals surface area contributed by atoms with Crippen LogP contribution < -0.4 is 0 Å². The molecule has 0 atom stereocenters. The fourth-order valence-electron chi connectivity index (χ4n) is 1.62. The van der Waals surface area contributed by atoms with E-state index in [2.05, 4.69) is 37.2 Å². The van der Waals surface area contributed by atoms with Crippen molar-refractivity contribution in [2.75, 3.05) is 0 Å². The minimum absolute atomic E-state index is 0.742. The van der Waals surface area contributed by atoms with Crippen molar-refractivity contribution in [1.29, 1.82) is 0 Å². The average molecular weight is 230 g/mol. The van der Waals surface area contributed by atoms with Gasteiger partial charge >= 0.3 is 0 Å². The Bertz CT molecular complexity index is 277. The molecule has 0 aromatic rings. The lowest BCUT2D eigenvalue weighted by molar-refractivity contribution is 0.579. The summed E-state index contributed by atoms with van der Waals surface area (Å²) in [6.07, 6.45) is 14.4. The topological polar surface area (TPSA) is 0 Å². The standard InChI is InChI=1S/C17H26/c1-3-5-7-9-11-13-15-17-16-14-12-10-8-6-4-2/h3H,1,4-6,8,10,12,14-17H2,2H3. The third-order valence-corrected chi connectivity index (χ3v) is 2.64.